The SMILES string of the molecule is CC(C)(N)CCCNCc1ccc(F)c(Cl)c1. The molecule has 0 heterocycles. The highest BCUT2D eigenvalue weighted by Crippen LogP contribution is 2.15. The van der Waals surface area contributed by atoms with Gasteiger partial charge in [-0.25, -0.2) is 4.39 Å². The molecule has 0 atom stereocenters. The molecule has 0 aromatic heterocycles. The summed E-state index contributed by atoms with van der Waals surface area (Å²) >= 11 is 5.69. The molecule has 1 rings (SSSR count). The van der Waals surface area contributed by atoms with Gasteiger partial charge in [0.1, 0.15) is 5.82 Å². The molecule has 0 aliphatic rings. The summed E-state index contributed by atoms with van der Waals surface area (Å²) in [6.45, 7) is 5.64. The summed E-state index contributed by atoms with van der Waals surface area (Å²) in [6.07, 6.45) is 2.00. The molecule has 1 aromatic carbocycles. The second-order valence-electron chi connectivity index (χ2n) is 5.02. The van der Waals surface area contributed by atoms with Gasteiger partial charge < -0.3 is 11.1 Å². The van der Waals surface area contributed by atoms with Crippen LogP contribution in [0.2, 0.25) is 5.02 Å². The summed E-state index contributed by atoms with van der Waals surface area (Å²) in [7, 11) is 0. The van der Waals surface area contributed by atoms with Crippen molar-refractivity contribution in [3.63, 3.8) is 0 Å². The van der Waals surface area contributed by atoms with Gasteiger partial charge in [-0.2, -0.15) is 0 Å². The maximum absolute atomic E-state index is 12.9. The number of hydrogen-bond acceptors (Lipinski definition) is 2. The molecule has 0 amide bonds. The summed E-state index contributed by atoms with van der Waals surface area (Å²) < 4.78 is 12.9. The van der Waals surface area contributed by atoms with Crippen LogP contribution >= 0.6 is 11.6 Å². The molecule has 0 spiro atoms. The first-order valence-electron chi connectivity index (χ1n) is 5.82. The normalized spacial score (nSPS) is 11.8. The van der Waals surface area contributed by atoms with Crippen LogP contribution in [-0.4, -0.2) is 12.1 Å². The Balaban J connectivity index is 2.25. The third-order valence-corrected chi connectivity index (χ3v) is 2.78. The maximum Gasteiger partial charge on any atom is 0.141 e. The Kier molecular flexibility index (Phi) is 5.37. The molecule has 0 aliphatic heterocycles. The number of benzene rings is 1. The molecule has 96 valence electrons. The van der Waals surface area contributed by atoms with Crippen molar-refractivity contribution in [3.8, 4) is 0 Å². The lowest BCUT2D eigenvalue weighted by molar-refractivity contribution is 0.448. The third-order valence-electron chi connectivity index (χ3n) is 2.49. The van der Waals surface area contributed by atoms with Gasteiger partial charge in [-0.1, -0.05) is 17.7 Å². The Bertz CT molecular complexity index is 361. The lowest BCUT2D eigenvalue weighted by Gasteiger charge is -2.18. The molecule has 3 N–H and O–H groups in total. The summed E-state index contributed by atoms with van der Waals surface area (Å²) in [5.41, 5.74) is 6.76. The molecule has 4 heteroatoms. The van der Waals surface area contributed by atoms with E-state index in [2.05, 4.69) is 5.32 Å². The van der Waals surface area contributed by atoms with Gasteiger partial charge in [0.25, 0.3) is 0 Å². The predicted octanol–water partition coefficient (Wildman–Crippen LogP) is 3.09. The minimum atomic E-state index is -0.375. The molecule has 1 aromatic rings. The van der Waals surface area contributed by atoms with Crippen LogP contribution in [0.15, 0.2) is 18.2 Å². The van der Waals surface area contributed by atoms with Gasteiger partial charge in [0, 0.05) is 12.1 Å². The summed E-state index contributed by atoms with van der Waals surface area (Å²) in [6, 6.07) is 4.78. The average molecular weight is 259 g/mol. The number of rotatable bonds is 6. The standard InChI is InChI=1S/C13H20ClFN2/c1-13(2,16)6-3-7-17-9-10-4-5-12(15)11(14)8-10/h4-5,8,17H,3,6-7,9,16H2,1-2H3. The molecule has 0 radical (unpaired) electrons. The van der Waals surface area contributed by atoms with Crippen LogP contribution in [0.25, 0.3) is 0 Å². The fourth-order valence-electron chi connectivity index (χ4n) is 1.55. The van der Waals surface area contributed by atoms with Gasteiger partial charge in [-0.15, -0.1) is 0 Å². The molecule has 0 fully saturated rings. The first kappa shape index (κ1) is 14.4. The minimum absolute atomic E-state index is 0.110. The van der Waals surface area contributed by atoms with E-state index in [0.717, 1.165) is 24.9 Å². The Morgan fingerprint density at radius 1 is 1.41 bits per heavy atom. The second kappa shape index (κ2) is 6.34. The number of halogens is 2. The molecule has 0 saturated heterocycles. The Labute approximate surface area is 107 Å². The zero-order valence-electron chi connectivity index (χ0n) is 10.4. The minimum Gasteiger partial charge on any atom is -0.326 e. The van der Waals surface area contributed by atoms with Crippen molar-refractivity contribution in [1.29, 1.82) is 0 Å². The quantitative estimate of drug-likeness (QED) is 0.770. The molecule has 0 bridgehead atoms. The first-order valence-corrected chi connectivity index (χ1v) is 6.20. The van der Waals surface area contributed by atoms with E-state index in [1.54, 1.807) is 12.1 Å². The summed E-state index contributed by atoms with van der Waals surface area (Å²) in [4.78, 5) is 0. The van der Waals surface area contributed by atoms with Gasteiger partial charge in [0.05, 0.1) is 5.02 Å². The van der Waals surface area contributed by atoms with E-state index in [9.17, 15) is 4.39 Å². The van der Waals surface area contributed by atoms with E-state index in [-0.39, 0.29) is 16.4 Å². The molecular formula is C13H20ClFN2. The van der Waals surface area contributed by atoms with E-state index >= 15 is 0 Å². The predicted molar refractivity (Wildman–Crippen MR) is 70.6 cm³/mol. The van der Waals surface area contributed by atoms with Crippen molar-refractivity contribution >= 4 is 11.6 Å². The Morgan fingerprint density at radius 3 is 2.71 bits per heavy atom. The van der Waals surface area contributed by atoms with Crippen LogP contribution in [-0.2, 0) is 6.54 Å². The topological polar surface area (TPSA) is 38.0 Å². The Morgan fingerprint density at radius 2 is 2.12 bits per heavy atom. The average Bonchev–Trinajstić information content (AvgIpc) is 2.21. The van der Waals surface area contributed by atoms with Crippen LogP contribution in [0.5, 0.6) is 0 Å². The lowest BCUT2D eigenvalue weighted by Crippen LogP contribution is -2.32. The van der Waals surface area contributed by atoms with Crippen LogP contribution in [0, 0.1) is 5.82 Å². The van der Waals surface area contributed by atoms with Crippen molar-refractivity contribution in [2.45, 2.75) is 38.8 Å². The van der Waals surface area contributed by atoms with E-state index in [4.69, 9.17) is 17.3 Å². The van der Waals surface area contributed by atoms with Gasteiger partial charge >= 0.3 is 0 Å². The summed E-state index contributed by atoms with van der Waals surface area (Å²) in [5.74, 6) is -0.375. The number of nitrogens with one attached hydrogen (secondary N) is 1. The Hall–Kier alpha value is -0.640. The first-order chi connectivity index (χ1) is 7.88. The van der Waals surface area contributed by atoms with Crippen LogP contribution in [0.3, 0.4) is 0 Å². The number of nitrogens with two attached hydrogens (primary N) is 1. The van der Waals surface area contributed by atoms with E-state index < -0.39 is 0 Å². The van der Waals surface area contributed by atoms with E-state index in [0.29, 0.717) is 6.54 Å². The summed E-state index contributed by atoms with van der Waals surface area (Å²) in [5, 5.41) is 3.46. The van der Waals surface area contributed by atoms with Gasteiger partial charge in [0.15, 0.2) is 0 Å². The van der Waals surface area contributed by atoms with Crippen molar-refractivity contribution in [1.82, 2.24) is 5.32 Å². The highest BCUT2D eigenvalue weighted by molar-refractivity contribution is 6.30. The molecule has 17 heavy (non-hydrogen) atoms. The molecule has 2 nitrogen and oxygen atoms in total. The highest BCUT2D eigenvalue weighted by Gasteiger charge is 2.08. The maximum atomic E-state index is 12.9. The largest absolute Gasteiger partial charge is 0.326 e. The molecule has 0 saturated carbocycles. The van der Waals surface area contributed by atoms with Crippen molar-refractivity contribution in [2.24, 2.45) is 5.73 Å². The fourth-order valence-corrected chi connectivity index (χ4v) is 1.75. The van der Waals surface area contributed by atoms with Crippen LogP contribution in [0.1, 0.15) is 32.3 Å². The van der Waals surface area contributed by atoms with E-state index in [1.165, 1.54) is 6.07 Å². The van der Waals surface area contributed by atoms with Crippen LogP contribution in [0.4, 0.5) is 4.39 Å². The van der Waals surface area contributed by atoms with E-state index in [1.807, 2.05) is 13.8 Å². The smallest absolute Gasteiger partial charge is 0.141 e. The van der Waals surface area contributed by atoms with Crippen molar-refractivity contribution in [2.75, 3.05) is 6.54 Å². The van der Waals surface area contributed by atoms with Gasteiger partial charge in [-0.3, -0.25) is 0 Å². The zero-order valence-corrected chi connectivity index (χ0v) is 11.1. The molecule has 0 aliphatic carbocycles. The third kappa shape index (κ3) is 6.01. The lowest BCUT2D eigenvalue weighted by atomic mass is 10.0. The van der Waals surface area contributed by atoms with Crippen molar-refractivity contribution < 1.29 is 4.39 Å². The zero-order chi connectivity index (χ0) is 12.9. The molecule has 0 unspecified atom stereocenters. The molecular weight excluding hydrogens is 239 g/mol. The highest BCUT2D eigenvalue weighted by atomic mass is 35.5. The van der Waals surface area contributed by atoms with Crippen molar-refractivity contribution in [3.05, 3.63) is 34.6 Å². The number of hydrogen-bond donors (Lipinski definition) is 2. The second-order valence-corrected chi connectivity index (χ2v) is 5.42. The fraction of sp³-hybridized carbons (Fsp3) is 0.538. The monoisotopic (exact) mass is 258 g/mol. The van der Waals surface area contributed by atoms with Crippen LogP contribution < -0.4 is 11.1 Å². The van der Waals surface area contributed by atoms with Gasteiger partial charge in [0.2, 0.25) is 0 Å². The van der Waals surface area contributed by atoms with Gasteiger partial charge in [-0.05, 0) is 50.9 Å².